The van der Waals surface area contributed by atoms with E-state index in [0.717, 1.165) is 5.56 Å². The zero-order valence-electron chi connectivity index (χ0n) is 9.20. The summed E-state index contributed by atoms with van der Waals surface area (Å²) >= 11 is 0. The minimum Gasteiger partial charge on any atom is -0.466 e. The lowest BCUT2D eigenvalue weighted by molar-refractivity contribution is -0.143. The largest absolute Gasteiger partial charge is 0.466 e. The summed E-state index contributed by atoms with van der Waals surface area (Å²) in [6, 6.07) is 4.56. The summed E-state index contributed by atoms with van der Waals surface area (Å²) < 4.78 is 18.0. The summed E-state index contributed by atoms with van der Waals surface area (Å²) in [5.74, 6) is -0.724. The highest BCUT2D eigenvalue weighted by Crippen LogP contribution is 2.12. The first kappa shape index (κ1) is 12.6. The fraction of sp³-hybridized carbons (Fsp3) is 0.417. The summed E-state index contributed by atoms with van der Waals surface area (Å²) in [7, 11) is 0. The van der Waals surface area contributed by atoms with E-state index in [1.165, 1.54) is 12.1 Å². The van der Waals surface area contributed by atoms with Crippen molar-refractivity contribution in [2.24, 2.45) is 0 Å². The number of aliphatic hydroxyl groups excluding tert-OH is 1. The molecule has 0 saturated carbocycles. The lowest BCUT2D eigenvalue weighted by Gasteiger charge is -2.04. The molecule has 16 heavy (non-hydrogen) atoms. The maximum Gasteiger partial charge on any atom is 0.306 e. The van der Waals surface area contributed by atoms with Crippen molar-refractivity contribution in [1.82, 2.24) is 0 Å². The molecule has 0 aliphatic carbocycles. The first-order valence-corrected chi connectivity index (χ1v) is 5.21. The van der Waals surface area contributed by atoms with Gasteiger partial charge in [-0.3, -0.25) is 4.79 Å². The number of esters is 1. The third kappa shape index (κ3) is 3.62. The van der Waals surface area contributed by atoms with Gasteiger partial charge in [0.1, 0.15) is 5.82 Å². The van der Waals surface area contributed by atoms with Crippen LogP contribution in [-0.2, 0) is 22.6 Å². The number of halogens is 1. The summed E-state index contributed by atoms with van der Waals surface area (Å²) in [5, 5.41) is 8.78. The standard InChI is InChI=1S/C12H15FO3/c1-2-16-12(15)6-4-9-3-5-10(8-14)11(13)7-9/h3,5,7,14H,2,4,6,8H2,1H3. The number of benzene rings is 1. The molecule has 0 aliphatic heterocycles. The molecular formula is C12H15FO3. The second-order valence-electron chi connectivity index (χ2n) is 3.39. The van der Waals surface area contributed by atoms with Gasteiger partial charge in [0, 0.05) is 12.0 Å². The van der Waals surface area contributed by atoms with Crippen LogP contribution < -0.4 is 0 Å². The van der Waals surface area contributed by atoms with Crippen LogP contribution in [0.1, 0.15) is 24.5 Å². The molecule has 0 saturated heterocycles. The number of ether oxygens (including phenoxy) is 1. The van der Waals surface area contributed by atoms with Gasteiger partial charge in [0.25, 0.3) is 0 Å². The van der Waals surface area contributed by atoms with E-state index < -0.39 is 5.82 Å². The Kier molecular flexibility index (Phi) is 4.92. The van der Waals surface area contributed by atoms with E-state index in [2.05, 4.69) is 0 Å². The molecule has 0 unspecified atom stereocenters. The van der Waals surface area contributed by atoms with Crippen LogP contribution in [0.15, 0.2) is 18.2 Å². The Morgan fingerprint density at radius 3 is 2.81 bits per heavy atom. The molecule has 1 rings (SSSR count). The van der Waals surface area contributed by atoms with Gasteiger partial charge < -0.3 is 9.84 Å². The van der Waals surface area contributed by atoms with Crippen LogP contribution in [0.3, 0.4) is 0 Å². The first-order valence-electron chi connectivity index (χ1n) is 5.21. The molecule has 3 nitrogen and oxygen atoms in total. The number of aliphatic hydroxyl groups is 1. The van der Waals surface area contributed by atoms with Gasteiger partial charge in [-0.2, -0.15) is 0 Å². The predicted molar refractivity (Wildman–Crippen MR) is 57.3 cm³/mol. The average Bonchev–Trinajstić information content (AvgIpc) is 2.27. The summed E-state index contributed by atoms with van der Waals surface area (Å²) in [6.45, 7) is 1.79. The van der Waals surface area contributed by atoms with E-state index in [1.54, 1.807) is 13.0 Å². The van der Waals surface area contributed by atoms with Crippen LogP contribution in [0.5, 0.6) is 0 Å². The van der Waals surface area contributed by atoms with Gasteiger partial charge in [0.05, 0.1) is 13.2 Å². The molecule has 4 heteroatoms. The molecule has 0 amide bonds. The molecule has 1 aromatic carbocycles. The molecule has 0 bridgehead atoms. The third-order valence-electron chi connectivity index (χ3n) is 2.21. The Balaban J connectivity index is 2.55. The van der Waals surface area contributed by atoms with E-state index in [-0.39, 0.29) is 24.6 Å². The molecule has 0 heterocycles. The van der Waals surface area contributed by atoms with Crippen molar-refractivity contribution >= 4 is 5.97 Å². The normalized spacial score (nSPS) is 10.2. The maximum atomic E-state index is 13.2. The molecule has 0 aliphatic rings. The molecular weight excluding hydrogens is 211 g/mol. The van der Waals surface area contributed by atoms with Gasteiger partial charge in [0.15, 0.2) is 0 Å². The fourth-order valence-corrected chi connectivity index (χ4v) is 1.35. The molecule has 1 N–H and O–H groups in total. The number of carbonyl (C=O) groups excluding carboxylic acids is 1. The first-order chi connectivity index (χ1) is 7.67. The Labute approximate surface area is 93.9 Å². The summed E-state index contributed by atoms with van der Waals surface area (Å²) in [4.78, 5) is 11.1. The smallest absolute Gasteiger partial charge is 0.306 e. The van der Waals surface area contributed by atoms with Crippen molar-refractivity contribution in [3.8, 4) is 0 Å². The van der Waals surface area contributed by atoms with Crippen molar-refractivity contribution in [3.63, 3.8) is 0 Å². The van der Waals surface area contributed by atoms with E-state index in [9.17, 15) is 9.18 Å². The zero-order chi connectivity index (χ0) is 12.0. The molecule has 0 fully saturated rings. The van der Waals surface area contributed by atoms with Gasteiger partial charge >= 0.3 is 5.97 Å². The van der Waals surface area contributed by atoms with Crippen molar-refractivity contribution in [1.29, 1.82) is 0 Å². The van der Waals surface area contributed by atoms with Crippen LogP contribution in [0.2, 0.25) is 0 Å². The molecule has 0 aromatic heterocycles. The van der Waals surface area contributed by atoms with Crippen LogP contribution in [-0.4, -0.2) is 17.7 Å². The fourth-order valence-electron chi connectivity index (χ4n) is 1.35. The Morgan fingerprint density at radius 2 is 2.25 bits per heavy atom. The molecule has 88 valence electrons. The number of aryl methyl sites for hydroxylation is 1. The van der Waals surface area contributed by atoms with E-state index >= 15 is 0 Å². The van der Waals surface area contributed by atoms with E-state index in [4.69, 9.17) is 9.84 Å². The Morgan fingerprint density at radius 1 is 1.50 bits per heavy atom. The molecule has 0 radical (unpaired) electrons. The minimum atomic E-state index is -0.441. The Bertz CT molecular complexity index is 363. The monoisotopic (exact) mass is 226 g/mol. The van der Waals surface area contributed by atoms with Gasteiger partial charge in [-0.15, -0.1) is 0 Å². The average molecular weight is 226 g/mol. The maximum absolute atomic E-state index is 13.2. The van der Waals surface area contributed by atoms with Crippen LogP contribution in [0, 0.1) is 5.82 Å². The van der Waals surface area contributed by atoms with Gasteiger partial charge in [0.2, 0.25) is 0 Å². The number of hydrogen-bond donors (Lipinski definition) is 1. The highest BCUT2D eigenvalue weighted by atomic mass is 19.1. The minimum absolute atomic E-state index is 0.242. The molecule has 1 aromatic rings. The second-order valence-corrected chi connectivity index (χ2v) is 3.39. The molecule has 0 atom stereocenters. The lowest BCUT2D eigenvalue weighted by atomic mass is 10.1. The van der Waals surface area contributed by atoms with Crippen LogP contribution in [0.4, 0.5) is 4.39 Å². The SMILES string of the molecule is CCOC(=O)CCc1ccc(CO)c(F)c1. The van der Waals surface area contributed by atoms with Crippen LogP contribution in [0.25, 0.3) is 0 Å². The number of hydrogen-bond acceptors (Lipinski definition) is 3. The lowest BCUT2D eigenvalue weighted by Crippen LogP contribution is -2.05. The number of carbonyl (C=O) groups is 1. The second kappa shape index (κ2) is 6.23. The van der Waals surface area contributed by atoms with E-state index in [0.29, 0.717) is 13.0 Å². The zero-order valence-corrected chi connectivity index (χ0v) is 9.20. The molecule has 0 spiro atoms. The topological polar surface area (TPSA) is 46.5 Å². The van der Waals surface area contributed by atoms with Crippen molar-refractivity contribution < 1.29 is 19.0 Å². The van der Waals surface area contributed by atoms with Gasteiger partial charge in [-0.05, 0) is 25.0 Å². The quantitative estimate of drug-likeness (QED) is 0.779. The predicted octanol–water partition coefficient (Wildman–Crippen LogP) is 1.81. The van der Waals surface area contributed by atoms with Crippen molar-refractivity contribution in [3.05, 3.63) is 35.1 Å². The van der Waals surface area contributed by atoms with E-state index in [1.807, 2.05) is 0 Å². The summed E-state index contributed by atoms with van der Waals surface area (Å²) in [5.41, 5.74) is 0.989. The third-order valence-corrected chi connectivity index (χ3v) is 2.21. The highest BCUT2D eigenvalue weighted by Gasteiger charge is 2.05. The van der Waals surface area contributed by atoms with Crippen molar-refractivity contribution in [2.45, 2.75) is 26.4 Å². The van der Waals surface area contributed by atoms with Crippen LogP contribution >= 0.6 is 0 Å². The summed E-state index contributed by atoms with van der Waals surface area (Å²) in [6.07, 6.45) is 0.688. The van der Waals surface area contributed by atoms with Crippen molar-refractivity contribution in [2.75, 3.05) is 6.61 Å². The Hall–Kier alpha value is -1.42. The van der Waals surface area contributed by atoms with Gasteiger partial charge in [-0.1, -0.05) is 12.1 Å². The highest BCUT2D eigenvalue weighted by molar-refractivity contribution is 5.69. The number of rotatable bonds is 5. The van der Waals surface area contributed by atoms with Gasteiger partial charge in [-0.25, -0.2) is 4.39 Å².